The number of aldehydes is 1. The van der Waals surface area contributed by atoms with Crippen LogP contribution in [0.2, 0.25) is 16.6 Å². The molecule has 0 N–H and O–H groups in total. The van der Waals surface area contributed by atoms with E-state index in [-0.39, 0.29) is 30.3 Å². The van der Waals surface area contributed by atoms with E-state index in [9.17, 15) is 4.79 Å². The summed E-state index contributed by atoms with van der Waals surface area (Å²) in [5.41, 5.74) is 1.57. The van der Waals surface area contributed by atoms with Crippen LogP contribution in [0.4, 0.5) is 0 Å². The van der Waals surface area contributed by atoms with Crippen molar-refractivity contribution in [3.63, 3.8) is 0 Å². The Hall–Kier alpha value is -0.273. The second-order valence-corrected chi connectivity index (χ2v) is 15.5. The normalized spacial score (nSPS) is 33.8. The first-order valence-electron chi connectivity index (χ1n) is 11.0. The van der Waals surface area contributed by atoms with Crippen molar-refractivity contribution in [2.24, 2.45) is 5.92 Å². The fourth-order valence-corrected chi connectivity index (χ4v) is 11.1. The number of carbonyl (C=O) groups is 1. The van der Waals surface area contributed by atoms with Crippen molar-refractivity contribution in [2.45, 2.75) is 122 Å². The summed E-state index contributed by atoms with van der Waals surface area (Å²) in [6.07, 6.45) is 1.88. The summed E-state index contributed by atoms with van der Waals surface area (Å²) < 4.78 is 25.3. The molecule has 0 aliphatic carbocycles. The third kappa shape index (κ3) is 4.89. The Morgan fingerprint density at radius 2 is 1.64 bits per heavy atom. The summed E-state index contributed by atoms with van der Waals surface area (Å²) in [7, 11) is -2.02. The zero-order valence-electron chi connectivity index (χ0n) is 19.4. The Labute approximate surface area is 173 Å². The molecule has 0 aromatic carbocycles. The lowest BCUT2D eigenvalue weighted by Crippen LogP contribution is -2.56. The summed E-state index contributed by atoms with van der Waals surface area (Å²) in [6.45, 7) is 20.4. The van der Waals surface area contributed by atoms with Gasteiger partial charge in [0.25, 0.3) is 0 Å². The van der Waals surface area contributed by atoms with Gasteiger partial charge in [-0.05, 0) is 30.5 Å². The fourth-order valence-electron chi connectivity index (χ4n) is 5.42. The Kier molecular flexibility index (Phi) is 7.93. The monoisotopic (exact) mass is 414 g/mol. The van der Waals surface area contributed by atoms with Gasteiger partial charge in [-0.1, -0.05) is 48.5 Å². The number of carbonyl (C=O) groups excluding carboxylic acids is 1. The van der Waals surface area contributed by atoms with E-state index in [1.165, 1.54) is 0 Å². The zero-order chi connectivity index (χ0) is 21.3. The van der Waals surface area contributed by atoms with E-state index in [1.54, 1.807) is 0 Å². The van der Waals surface area contributed by atoms with E-state index < -0.39 is 14.1 Å². The molecule has 0 spiro atoms. The van der Waals surface area contributed by atoms with Crippen LogP contribution in [0, 0.1) is 5.92 Å². The van der Waals surface area contributed by atoms with E-state index in [0.29, 0.717) is 29.7 Å². The first-order valence-corrected chi connectivity index (χ1v) is 13.2. The average Bonchev–Trinajstić information content (AvgIpc) is 2.94. The van der Waals surface area contributed by atoms with Gasteiger partial charge in [0.15, 0.2) is 5.79 Å². The highest BCUT2D eigenvalue weighted by Gasteiger charge is 2.51. The second-order valence-electron chi connectivity index (χ2n) is 10.1. The molecular weight excluding hydrogens is 372 g/mol. The van der Waals surface area contributed by atoms with Gasteiger partial charge in [-0.15, -0.1) is 0 Å². The molecule has 0 unspecified atom stereocenters. The Morgan fingerprint density at radius 1 is 1.07 bits per heavy atom. The van der Waals surface area contributed by atoms with Gasteiger partial charge in [-0.3, -0.25) is 0 Å². The topological polar surface area (TPSA) is 54.0 Å². The molecule has 2 heterocycles. The maximum Gasteiger partial charge on any atom is 0.200 e. The lowest BCUT2D eigenvalue weighted by atomic mass is 9.87. The van der Waals surface area contributed by atoms with Crippen molar-refractivity contribution in [3.8, 4) is 0 Å². The average molecular weight is 415 g/mol. The minimum absolute atomic E-state index is 0.0786. The molecule has 2 fully saturated rings. The van der Waals surface area contributed by atoms with Gasteiger partial charge in [0.1, 0.15) is 12.4 Å². The van der Waals surface area contributed by atoms with Gasteiger partial charge < -0.3 is 23.4 Å². The number of ether oxygens (including phenoxy) is 3. The smallest absolute Gasteiger partial charge is 0.200 e. The van der Waals surface area contributed by atoms with Crippen LogP contribution in [0.15, 0.2) is 0 Å². The molecule has 2 saturated heterocycles. The molecular formula is C22H42O5Si. The molecule has 5 nitrogen and oxygen atoms in total. The lowest BCUT2D eigenvalue weighted by molar-refractivity contribution is -0.192. The fraction of sp³-hybridized carbons (Fsp3) is 0.955. The minimum atomic E-state index is -2.02. The van der Waals surface area contributed by atoms with Crippen LogP contribution in [0.1, 0.15) is 75.2 Å². The van der Waals surface area contributed by atoms with Crippen LogP contribution in [0.25, 0.3) is 0 Å². The largest absolute Gasteiger partial charge is 0.413 e. The highest BCUT2D eigenvalue weighted by atomic mass is 28.4. The third-order valence-corrected chi connectivity index (χ3v) is 12.9. The summed E-state index contributed by atoms with van der Waals surface area (Å²) in [5, 5.41) is 0. The van der Waals surface area contributed by atoms with Crippen LogP contribution >= 0.6 is 0 Å². The predicted molar refractivity (Wildman–Crippen MR) is 114 cm³/mol. The van der Waals surface area contributed by atoms with Gasteiger partial charge in [-0.25, -0.2) is 0 Å². The molecule has 0 bridgehead atoms. The Morgan fingerprint density at radius 3 is 2.07 bits per heavy atom. The molecule has 0 saturated carbocycles. The van der Waals surface area contributed by atoms with Crippen molar-refractivity contribution in [1.29, 1.82) is 0 Å². The molecule has 0 aromatic rings. The molecule has 28 heavy (non-hydrogen) atoms. The molecule has 2 aliphatic rings. The molecule has 164 valence electrons. The van der Waals surface area contributed by atoms with Crippen LogP contribution in [-0.4, -0.2) is 51.4 Å². The molecule has 5 atom stereocenters. The Balaban J connectivity index is 2.27. The summed E-state index contributed by atoms with van der Waals surface area (Å²) >= 11 is 0. The zero-order valence-corrected chi connectivity index (χ0v) is 20.4. The van der Waals surface area contributed by atoms with Crippen molar-refractivity contribution < 1.29 is 23.4 Å². The lowest BCUT2D eigenvalue weighted by Gasteiger charge is -2.49. The van der Waals surface area contributed by atoms with E-state index >= 15 is 0 Å². The molecule has 0 radical (unpaired) electrons. The standard InChI is InChI=1S/C22H42O5Si/c1-14(2)28(15(3)4,16(5)6)27-19-12-20(21-13-24-22(8,9)26-21)25-18(10-11-23)17(19)7/h11,14-21H,10,12-13H2,1-9H3/t17-,18+,19-,20+,21-/m0/s1. The van der Waals surface area contributed by atoms with Crippen LogP contribution < -0.4 is 0 Å². The Bertz CT molecular complexity index is 497. The van der Waals surface area contributed by atoms with Gasteiger partial charge >= 0.3 is 0 Å². The van der Waals surface area contributed by atoms with Gasteiger partial charge in [0.05, 0.1) is 24.9 Å². The highest BCUT2D eigenvalue weighted by molar-refractivity contribution is 6.77. The molecule has 0 aromatic heterocycles. The maximum atomic E-state index is 11.3. The van der Waals surface area contributed by atoms with Crippen LogP contribution in [0.3, 0.4) is 0 Å². The first kappa shape index (κ1) is 24.0. The summed E-state index contributed by atoms with van der Waals surface area (Å²) in [4.78, 5) is 11.3. The quantitative estimate of drug-likeness (QED) is 0.409. The van der Waals surface area contributed by atoms with Crippen LogP contribution in [0.5, 0.6) is 0 Å². The van der Waals surface area contributed by atoms with E-state index in [1.807, 2.05) is 13.8 Å². The van der Waals surface area contributed by atoms with Crippen molar-refractivity contribution in [3.05, 3.63) is 0 Å². The van der Waals surface area contributed by atoms with E-state index in [0.717, 1.165) is 12.7 Å². The predicted octanol–water partition coefficient (Wildman–Crippen LogP) is 5.08. The number of hydrogen-bond acceptors (Lipinski definition) is 5. The van der Waals surface area contributed by atoms with Gasteiger partial charge in [-0.2, -0.15) is 0 Å². The second kappa shape index (κ2) is 9.25. The summed E-state index contributed by atoms with van der Waals surface area (Å²) in [5.74, 6) is -0.403. The van der Waals surface area contributed by atoms with Crippen LogP contribution in [-0.2, 0) is 23.4 Å². The van der Waals surface area contributed by atoms with Gasteiger partial charge in [0.2, 0.25) is 8.32 Å². The SMILES string of the molecule is CC(C)[Si](O[C@H]1C[C@H]([C@@H]2COC(C)(C)O2)O[C@H](CC=O)[C@@H]1C)(C(C)C)C(C)C. The molecule has 2 rings (SSSR count). The van der Waals surface area contributed by atoms with Crippen molar-refractivity contribution in [1.82, 2.24) is 0 Å². The molecule has 0 amide bonds. The molecule has 2 aliphatic heterocycles. The summed E-state index contributed by atoms with van der Waals surface area (Å²) in [6, 6.07) is 0. The third-order valence-electron chi connectivity index (χ3n) is 6.82. The number of hydrogen-bond donors (Lipinski definition) is 0. The van der Waals surface area contributed by atoms with E-state index in [2.05, 4.69) is 48.5 Å². The minimum Gasteiger partial charge on any atom is -0.413 e. The van der Waals surface area contributed by atoms with Gasteiger partial charge in [0, 0.05) is 18.8 Å². The van der Waals surface area contributed by atoms with E-state index in [4.69, 9.17) is 18.6 Å². The first-order chi connectivity index (χ1) is 12.9. The molecule has 6 heteroatoms. The highest BCUT2D eigenvalue weighted by Crippen LogP contribution is 2.46. The van der Waals surface area contributed by atoms with Crippen molar-refractivity contribution >= 4 is 14.6 Å². The maximum absolute atomic E-state index is 11.3. The van der Waals surface area contributed by atoms with Crippen molar-refractivity contribution in [2.75, 3.05) is 6.61 Å². The number of rotatable bonds is 8.